The van der Waals surface area contributed by atoms with Crippen LogP contribution in [0.1, 0.15) is 5.56 Å². The maximum Gasteiger partial charge on any atom is 0.258 e. The van der Waals surface area contributed by atoms with Gasteiger partial charge in [0, 0.05) is 23.4 Å². The molecule has 5 heteroatoms. The summed E-state index contributed by atoms with van der Waals surface area (Å²) in [6.07, 6.45) is 0.994. The van der Waals surface area contributed by atoms with Crippen molar-refractivity contribution in [2.75, 3.05) is 11.9 Å². The molecular formula is C16H12FN3O. The van der Waals surface area contributed by atoms with Crippen LogP contribution in [-0.4, -0.2) is 16.7 Å². The molecule has 1 aliphatic heterocycles. The van der Waals surface area contributed by atoms with E-state index in [1.165, 1.54) is 17.7 Å². The first-order chi connectivity index (χ1) is 10.3. The van der Waals surface area contributed by atoms with Crippen LogP contribution in [0.2, 0.25) is 0 Å². The Bertz CT molecular complexity index is 813. The second-order valence-corrected chi connectivity index (χ2v) is 4.98. The van der Waals surface area contributed by atoms with Crippen LogP contribution in [0, 0.1) is 5.82 Å². The van der Waals surface area contributed by atoms with Gasteiger partial charge >= 0.3 is 0 Å². The molecule has 0 aliphatic carbocycles. The zero-order valence-electron chi connectivity index (χ0n) is 11.1. The molecular weight excluding hydrogens is 269 g/mol. The molecule has 1 N–H and O–H groups in total. The van der Waals surface area contributed by atoms with E-state index < -0.39 is 0 Å². The number of anilines is 1. The van der Waals surface area contributed by atoms with Crippen molar-refractivity contribution in [2.24, 2.45) is 0 Å². The van der Waals surface area contributed by atoms with E-state index in [9.17, 15) is 4.39 Å². The zero-order chi connectivity index (χ0) is 14.2. The van der Waals surface area contributed by atoms with Crippen molar-refractivity contribution in [1.29, 1.82) is 0 Å². The van der Waals surface area contributed by atoms with Gasteiger partial charge in [-0.3, -0.25) is 0 Å². The Balaban J connectivity index is 1.71. The molecule has 0 saturated heterocycles. The summed E-state index contributed by atoms with van der Waals surface area (Å²) in [7, 11) is 0. The third-order valence-corrected chi connectivity index (χ3v) is 3.57. The number of benzene rings is 2. The first-order valence-electron chi connectivity index (χ1n) is 6.76. The fraction of sp³-hybridized carbons (Fsp3) is 0.125. The summed E-state index contributed by atoms with van der Waals surface area (Å²) >= 11 is 0. The van der Waals surface area contributed by atoms with Gasteiger partial charge in [0.25, 0.3) is 5.89 Å². The molecule has 104 valence electrons. The molecule has 0 unspecified atom stereocenters. The fourth-order valence-corrected chi connectivity index (χ4v) is 2.52. The van der Waals surface area contributed by atoms with E-state index in [0.717, 1.165) is 24.2 Å². The molecule has 0 saturated carbocycles. The molecule has 1 aliphatic rings. The van der Waals surface area contributed by atoms with Gasteiger partial charge in [-0.2, -0.15) is 4.98 Å². The molecule has 4 nitrogen and oxygen atoms in total. The lowest BCUT2D eigenvalue weighted by atomic mass is 10.1. The number of hydrogen-bond acceptors (Lipinski definition) is 4. The van der Waals surface area contributed by atoms with Crippen molar-refractivity contribution in [3.8, 4) is 22.8 Å². The Kier molecular flexibility index (Phi) is 2.70. The molecule has 1 aromatic heterocycles. The van der Waals surface area contributed by atoms with Gasteiger partial charge < -0.3 is 9.84 Å². The maximum absolute atomic E-state index is 13.2. The van der Waals surface area contributed by atoms with Crippen molar-refractivity contribution >= 4 is 5.69 Å². The second-order valence-electron chi connectivity index (χ2n) is 4.98. The van der Waals surface area contributed by atoms with Gasteiger partial charge in [-0.25, -0.2) is 4.39 Å². The summed E-state index contributed by atoms with van der Waals surface area (Å²) in [5, 5.41) is 7.24. The van der Waals surface area contributed by atoms with Crippen LogP contribution in [0.25, 0.3) is 22.8 Å². The summed E-state index contributed by atoms with van der Waals surface area (Å²) in [6, 6.07) is 12.2. The van der Waals surface area contributed by atoms with Crippen LogP contribution in [0.3, 0.4) is 0 Å². The number of hydrogen-bond donors (Lipinski definition) is 1. The van der Waals surface area contributed by atoms with Crippen LogP contribution in [0.5, 0.6) is 0 Å². The lowest BCUT2D eigenvalue weighted by Gasteiger charge is -2.00. The summed E-state index contributed by atoms with van der Waals surface area (Å²) in [5.41, 5.74) is 3.89. The van der Waals surface area contributed by atoms with Crippen molar-refractivity contribution in [3.63, 3.8) is 0 Å². The Labute approximate surface area is 120 Å². The van der Waals surface area contributed by atoms with E-state index in [-0.39, 0.29) is 5.82 Å². The van der Waals surface area contributed by atoms with Crippen LogP contribution in [0.4, 0.5) is 10.1 Å². The van der Waals surface area contributed by atoms with Gasteiger partial charge in [0.1, 0.15) is 5.82 Å². The van der Waals surface area contributed by atoms with Crippen LogP contribution in [-0.2, 0) is 6.42 Å². The minimum absolute atomic E-state index is 0.317. The van der Waals surface area contributed by atoms with Gasteiger partial charge in [0.15, 0.2) is 0 Å². The minimum atomic E-state index is -0.317. The van der Waals surface area contributed by atoms with E-state index in [1.807, 2.05) is 12.1 Å². The van der Waals surface area contributed by atoms with E-state index in [4.69, 9.17) is 4.52 Å². The highest BCUT2D eigenvalue weighted by atomic mass is 19.1. The SMILES string of the molecule is Fc1cccc(-c2noc(-c3ccc4c(c3)CCN4)n2)c1. The highest BCUT2D eigenvalue weighted by Gasteiger charge is 2.15. The quantitative estimate of drug-likeness (QED) is 0.781. The van der Waals surface area contributed by atoms with E-state index in [0.29, 0.717) is 17.3 Å². The van der Waals surface area contributed by atoms with Crippen molar-refractivity contribution in [2.45, 2.75) is 6.42 Å². The van der Waals surface area contributed by atoms with Crippen molar-refractivity contribution < 1.29 is 8.91 Å². The number of halogens is 1. The van der Waals surface area contributed by atoms with E-state index >= 15 is 0 Å². The monoisotopic (exact) mass is 281 g/mol. The standard InChI is InChI=1S/C16H12FN3O/c17-13-3-1-2-11(9-13)15-19-16(21-20-15)12-4-5-14-10(8-12)6-7-18-14/h1-5,8-9,18H,6-7H2. The van der Waals surface area contributed by atoms with Gasteiger partial charge in [0.05, 0.1) is 0 Å². The van der Waals surface area contributed by atoms with E-state index in [1.54, 1.807) is 12.1 Å². The normalized spacial score (nSPS) is 13.0. The molecule has 0 amide bonds. The van der Waals surface area contributed by atoms with Crippen LogP contribution in [0.15, 0.2) is 47.0 Å². The van der Waals surface area contributed by atoms with Crippen LogP contribution < -0.4 is 5.32 Å². The lowest BCUT2D eigenvalue weighted by Crippen LogP contribution is -1.90. The molecule has 4 rings (SSSR count). The smallest absolute Gasteiger partial charge is 0.258 e. The molecule has 2 heterocycles. The number of aromatic nitrogens is 2. The Morgan fingerprint density at radius 3 is 2.95 bits per heavy atom. The number of nitrogens with one attached hydrogen (secondary N) is 1. The first kappa shape index (κ1) is 12.1. The molecule has 2 aromatic carbocycles. The summed E-state index contributed by atoms with van der Waals surface area (Å²) in [5.74, 6) is 0.523. The van der Waals surface area contributed by atoms with Gasteiger partial charge in [-0.1, -0.05) is 17.3 Å². The summed E-state index contributed by atoms with van der Waals surface area (Å²) in [6.45, 7) is 0.956. The predicted octanol–water partition coefficient (Wildman–Crippen LogP) is 3.51. The highest BCUT2D eigenvalue weighted by Crippen LogP contribution is 2.29. The lowest BCUT2D eigenvalue weighted by molar-refractivity contribution is 0.432. The number of nitrogens with zero attached hydrogens (tertiary/aromatic N) is 2. The molecule has 0 fully saturated rings. The average Bonchev–Trinajstić information content (AvgIpc) is 3.15. The predicted molar refractivity (Wildman–Crippen MR) is 77.3 cm³/mol. The maximum atomic E-state index is 13.2. The molecule has 0 radical (unpaired) electrons. The Morgan fingerprint density at radius 1 is 1.10 bits per heavy atom. The Morgan fingerprint density at radius 2 is 2.05 bits per heavy atom. The van der Waals surface area contributed by atoms with Crippen molar-refractivity contribution in [3.05, 3.63) is 53.8 Å². The second kappa shape index (κ2) is 4.70. The average molecular weight is 281 g/mol. The molecule has 21 heavy (non-hydrogen) atoms. The summed E-state index contributed by atoms with van der Waals surface area (Å²) < 4.78 is 18.5. The van der Waals surface area contributed by atoms with Crippen LogP contribution >= 0.6 is 0 Å². The minimum Gasteiger partial charge on any atom is -0.384 e. The third-order valence-electron chi connectivity index (χ3n) is 3.57. The number of rotatable bonds is 2. The largest absolute Gasteiger partial charge is 0.384 e. The highest BCUT2D eigenvalue weighted by molar-refractivity contribution is 5.66. The fourth-order valence-electron chi connectivity index (χ4n) is 2.52. The number of fused-ring (bicyclic) bond motifs is 1. The molecule has 0 bridgehead atoms. The topological polar surface area (TPSA) is 51.0 Å². The molecule has 0 spiro atoms. The van der Waals surface area contributed by atoms with Gasteiger partial charge in [0.2, 0.25) is 5.82 Å². The van der Waals surface area contributed by atoms with Gasteiger partial charge in [-0.15, -0.1) is 0 Å². The zero-order valence-corrected chi connectivity index (χ0v) is 11.1. The third kappa shape index (κ3) is 2.16. The Hall–Kier alpha value is -2.69. The molecule has 3 aromatic rings. The van der Waals surface area contributed by atoms with Gasteiger partial charge in [-0.05, 0) is 42.3 Å². The first-order valence-corrected chi connectivity index (χ1v) is 6.76. The molecule has 0 atom stereocenters. The van der Waals surface area contributed by atoms with E-state index in [2.05, 4.69) is 21.5 Å². The van der Waals surface area contributed by atoms with Crippen molar-refractivity contribution in [1.82, 2.24) is 10.1 Å². The summed E-state index contributed by atoms with van der Waals surface area (Å²) in [4.78, 5) is 4.35.